The van der Waals surface area contributed by atoms with E-state index in [1.165, 1.54) is 81.1 Å². The van der Waals surface area contributed by atoms with Gasteiger partial charge in [-0.25, -0.2) is 0 Å². The van der Waals surface area contributed by atoms with E-state index in [1.807, 2.05) is 11.3 Å². The first-order valence-corrected chi connectivity index (χ1v) is 19.2. The molecule has 0 N–H and O–H groups in total. The van der Waals surface area contributed by atoms with Crippen molar-refractivity contribution in [3.63, 3.8) is 0 Å². The molecule has 0 radical (unpaired) electrons. The first kappa shape index (κ1) is 32.0. The van der Waals surface area contributed by atoms with E-state index in [1.54, 1.807) is 0 Å². The van der Waals surface area contributed by atoms with Crippen LogP contribution in [-0.2, 0) is 0 Å². The Morgan fingerprint density at radius 3 is 1.61 bits per heavy atom. The van der Waals surface area contributed by atoms with Crippen LogP contribution >= 0.6 is 11.3 Å². The minimum atomic E-state index is 1.12. The van der Waals surface area contributed by atoms with E-state index in [-0.39, 0.29) is 0 Å². The van der Waals surface area contributed by atoms with Crippen LogP contribution in [0.5, 0.6) is 0 Å². The molecule has 0 fully saturated rings. The predicted octanol–water partition coefficient (Wildman–Crippen LogP) is 15.3. The fraction of sp³-hybridized carbons (Fsp3) is 0. The Morgan fingerprint density at radius 2 is 0.815 bits per heavy atom. The number of fused-ring (bicyclic) bond motifs is 4. The van der Waals surface area contributed by atoms with Crippen molar-refractivity contribution in [2.45, 2.75) is 0 Å². The molecule has 0 bridgehead atoms. The third-order valence-electron chi connectivity index (χ3n) is 10.5. The van der Waals surface area contributed by atoms with Crippen LogP contribution in [0.1, 0.15) is 0 Å². The highest BCUT2D eigenvalue weighted by Crippen LogP contribution is 2.45. The highest BCUT2D eigenvalue weighted by atomic mass is 32.1. The van der Waals surface area contributed by atoms with Crippen LogP contribution in [0.25, 0.3) is 75.5 Å². The highest BCUT2D eigenvalue weighted by molar-refractivity contribution is 7.26. The normalized spacial score (nSPS) is 11.3. The van der Waals surface area contributed by atoms with E-state index in [9.17, 15) is 0 Å². The molecule has 10 aromatic rings. The fourth-order valence-corrected chi connectivity index (χ4v) is 8.90. The zero-order chi connectivity index (χ0) is 35.8. The van der Waals surface area contributed by atoms with Gasteiger partial charge in [-0.1, -0.05) is 164 Å². The quantitative estimate of drug-likeness (QED) is 0.160. The standard InChI is InChI=1S/C52H35NS/c1-2-11-36(12-3-1)38-23-25-39(26-24-38)44-17-9-18-47(35-44)53(50-21-10-20-49-48-19-6-7-22-51(48)54-52(49)50)46-31-29-40(30-32-46)42-15-8-16-43(33-42)45-28-27-37-13-4-5-14-41(37)34-45/h1-35H. The van der Waals surface area contributed by atoms with E-state index in [4.69, 9.17) is 0 Å². The first-order valence-electron chi connectivity index (χ1n) is 18.4. The van der Waals surface area contributed by atoms with Gasteiger partial charge in [-0.3, -0.25) is 0 Å². The molecule has 0 aliphatic carbocycles. The maximum atomic E-state index is 2.43. The summed E-state index contributed by atoms with van der Waals surface area (Å²) in [6.07, 6.45) is 0. The third-order valence-corrected chi connectivity index (χ3v) is 11.7. The van der Waals surface area contributed by atoms with E-state index >= 15 is 0 Å². The zero-order valence-corrected chi connectivity index (χ0v) is 30.4. The number of rotatable bonds is 7. The minimum Gasteiger partial charge on any atom is -0.309 e. The number of thiophene rings is 1. The van der Waals surface area contributed by atoms with Crippen LogP contribution in [0.3, 0.4) is 0 Å². The molecule has 2 heteroatoms. The molecular weight excluding hydrogens is 671 g/mol. The summed E-state index contributed by atoms with van der Waals surface area (Å²) in [6, 6.07) is 77.1. The van der Waals surface area contributed by atoms with E-state index in [0.29, 0.717) is 0 Å². The summed E-state index contributed by atoms with van der Waals surface area (Å²) in [6.45, 7) is 0. The van der Waals surface area contributed by atoms with Gasteiger partial charge in [0.25, 0.3) is 0 Å². The summed E-state index contributed by atoms with van der Waals surface area (Å²) in [4.78, 5) is 2.43. The molecule has 0 spiro atoms. The van der Waals surface area contributed by atoms with Gasteiger partial charge in [-0.05, 0) is 104 Å². The number of benzene rings is 9. The molecule has 254 valence electrons. The van der Waals surface area contributed by atoms with Gasteiger partial charge in [-0.2, -0.15) is 0 Å². The van der Waals surface area contributed by atoms with Crippen LogP contribution in [-0.4, -0.2) is 0 Å². The van der Waals surface area contributed by atoms with Gasteiger partial charge in [0.2, 0.25) is 0 Å². The molecule has 9 aromatic carbocycles. The molecule has 0 amide bonds. The van der Waals surface area contributed by atoms with E-state index in [0.717, 1.165) is 11.4 Å². The second kappa shape index (κ2) is 13.7. The second-order valence-electron chi connectivity index (χ2n) is 13.8. The number of anilines is 3. The SMILES string of the molecule is c1ccc(-c2ccc(-c3cccc(N(c4ccc(-c5cccc(-c6ccc7ccccc7c6)c5)cc4)c4cccc5c4sc4ccccc45)c3)cc2)cc1. The summed E-state index contributed by atoms with van der Waals surface area (Å²) >= 11 is 1.86. The molecule has 0 saturated heterocycles. The van der Waals surface area contributed by atoms with Crippen molar-refractivity contribution in [1.29, 1.82) is 0 Å². The molecule has 0 aliphatic heterocycles. The van der Waals surface area contributed by atoms with Crippen LogP contribution in [0, 0.1) is 0 Å². The van der Waals surface area contributed by atoms with Gasteiger partial charge in [0.1, 0.15) is 0 Å². The lowest BCUT2D eigenvalue weighted by atomic mass is 9.97. The average molecular weight is 706 g/mol. The summed E-state index contributed by atoms with van der Waals surface area (Å²) in [5.74, 6) is 0. The molecule has 1 aromatic heterocycles. The summed E-state index contributed by atoms with van der Waals surface area (Å²) in [5, 5.41) is 5.10. The van der Waals surface area contributed by atoms with Gasteiger partial charge >= 0.3 is 0 Å². The number of hydrogen-bond acceptors (Lipinski definition) is 2. The lowest BCUT2D eigenvalue weighted by Gasteiger charge is -2.27. The van der Waals surface area contributed by atoms with Crippen molar-refractivity contribution in [1.82, 2.24) is 0 Å². The maximum absolute atomic E-state index is 2.43. The van der Waals surface area contributed by atoms with Crippen molar-refractivity contribution >= 4 is 59.3 Å². The Bertz CT molecular complexity index is 2920. The van der Waals surface area contributed by atoms with Crippen LogP contribution in [0.4, 0.5) is 17.1 Å². The molecule has 54 heavy (non-hydrogen) atoms. The summed E-state index contributed by atoms with van der Waals surface area (Å²) in [7, 11) is 0. The topological polar surface area (TPSA) is 3.24 Å². The zero-order valence-electron chi connectivity index (χ0n) is 29.6. The average Bonchev–Trinajstić information content (AvgIpc) is 3.64. The Balaban J connectivity index is 1.05. The Labute approximate surface area is 319 Å². The maximum Gasteiger partial charge on any atom is 0.0640 e. The van der Waals surface area contributed by atoms with Gasteiger partial charge in [0.05, 0.1) is 10.4 Å². The van der Waals surface area contributed by atoms with Gasteiger partial charge in [0, 0.05) is 26.8 Å². The van der Waals surface area contributed by atoms with Crippen molar-refractivity contribution < 1.29 is 0 Å². The predicted molar refractivity (Wildman–Crippen MR) is 233 cm³/mol. The van der Waals surface area contributed by atoms with E-state index in [2.05, 4.69) is 217 Å². The lowest BCUT2D eigenvalue weighted by Crippen LogP contribution is -2.10. The Hall–Kier alpha value is -6.74. The second-order valence-corrected chi connectivity index (χ2v) is 14.8. The fourth-order valence-electron chi connectivity index (χ4n) is 7.70. The molecular formula is C52H35NS. The molecule has 0 unspecified atom stereocenters. The number of nitrogens with zero attached hydrogens (tertiary/aromatic N) is 1. The Kier molecular flexibility index (Phi) is 8.09. The summed E-state index contributed by atoms with van der Waals surface area (Å²) < 4.78 is 2.58. The van der Waals surface area contributed by atoms with E-state index < -0.39 is 0 Å². The van der Waals surface area contributed by atoms with Crippen molar-refractivity contribution in [2.24, 2.45) is 0 Å². The molecule has 1 nitrogen and oxygen atoms in total. The monoisotopic (exact) mass is 705 g/mol. The molecule has 10 rings (SSSR count). The van der Waals surface area contributed by atoms with Gasteiger partial charge < -0.3 is 4.90 Å². The largest absolute Gasteiger partial charge is 0.309 e. The van der Waals surface area contributed by atoms with Crippen LogP contribution in [0.2, 0.25) is 0 Å². The van der Waals surface area contributed by atoms with Gasteiger partial charge in [0.15, 0.2) is 0 Å². The van der Waals surface area contributed by atoms with Crippen LogP contribution in [0.15, 0.2) is 212 Å². The third kappa shape index (κ3) is 5.93. The Morgan fingerprint density at radius 1 is 0.296 bits per heavy atom. The molecule has 0 saturated carbocycles. The molecule has 0 aliphatic rings. The lowest BCUT2D eigenvalue weighted by molar-refractivity contribution is 1.30. The summed E-state index contributed by atoms with van der Waals surface area (Å²) in [5.41, 5.74) is 13.1. The minimum absolute atomic E-state index is 1.12. The molecule has 0 atom stereocenters. The van der Waals surface area contributed by atoms with Crippen molar-refractivity contribution in [3.8, 4) is 44.5 Å². The highest BCUT2D eigenvalue weighted by Gasteiger charge is 2.19. The molecule has 1 heterocycles. The smallest absolute Gasteiger partial charge is 0.0640 e. The van der Waals surface area contributed by atoms with Crippen molar-refractivity contribution in [3.05, 3.63) is 212 Å². The van der Waals surface area contributed by atoms with Gasteiger partial charge in [-0.15, -0.1) is 11.3 Å². The van der Waals surface area contributed by atoms with Crippen LogP contribution < -0.4 is 4.90 Å². The first-order chi connectivity index (χ1) is 26.7. The number of hydrogen-bond donors (Lipinski definition) is 0. The van der Waals surface area contributed by atoms with Crippen molar-refractivity contribution in [2.75, 3.05) is 4.90 Å².